The Morgan fingerprint density at radius 1 is 1.44 bits per heavy atom. The fourth-order valence-corrected chi connectivity index (χ4v) is 3.47. The van der Waals surface area contributed by atoms with Crippen molar-refractivity contribution in [3.63, 3.8) is 0 Å². The van der Waals surface area contributed by atoms with Crippen molar-refractivity contribution in [2.75, 3.05) is 5.32 Å². The van der Waals surface area contributed by atoms with Crippen LogP contribution in [0.2, 0.25) is 0 Å². The lowest BCUT2D eigenvalue weighted by atomic mass is 10.3. The summed E-state index contributed by atoms with van der Waals surface area (Å²) in [7, 11) is 0. The van der Waals surface area contributed by atoms with E-state index in [4.69, 9.17) is 0 Å². The van der Waals surface area contributed by atoms with Crippen molar-refractivity contribution in [3.05, 3.63) is 32.2 Å². The van der Waals surface area contributed by atoms with Crippen LogP contribution >= 0.6 is 27.3 Å². The van der Waals surface area contributed by atoms with Gasteiger partial charge in [-0.3, -0.25) is 4.68 Å². The monoisotopic (exact) mass is 327 g/mol. The molecule has 18 heavy (non-hydrogen) atoms. The molecule has 0 fully saturated rings. The molecule has 2 aromatic rings. The van der Waals surface area contributed by atoms with Crippen LogP contribution < -0.4 is 5.32 Å². The maximum Gasteiger partial charge on any atom is 0.0828 e. The second-order valence-corrected chi connectivity index (χ2v) is 6.48. The first-order valence-corrected chi connectivity index (χ1v) is 7.69. The minimum absolute atomic E-state index is 0.396. The summed E-state index contributed by atoms with van der Waals surface area (Å²) in [5, 5.41) is 10.2. The maximum absolute atomic E-state index is 4.58. The van der Waals surface area contributed by atoms with E-state index in [-0.39, 0.29) is 0 Å². The van der Waals surface area contributed by atoms with Gasteiger partial charge in [-0.05, 0) is 55.1 Å². The van der Waals surface area contributed by atoms with Gasteiger partial charge in [0, 0.05) is 15.4 Å². The average Bonchev–Trinajstić information content (AvgIpc) is 2.82. The zero-order valence-corrected chi connectivity index (χ0v) is 13.5. The highest BCUT2D eigenvalue weighted by atomic mass is 79.9. The van der Waals surface area contributed by atoms with Crippen LogP contribution in [0.25, 0.3) is 0 Å². The van der Waals surface area contributed by atoms with Crippen LogP contribution in [0.5, 0.6) is 0 Å². The molecule has 2 heterocycles. The molecule has 5 heteroatoms. The molecule has 0 aliphatic carbocycles. The van der Waals surface area contributed by atoms with Crippen LogP contribution in [0.3, 0.4) is 0 Å². The molecule has 0 aromatic carbocycles. The van der Waals surface area contributed by atoms with E-state index in [0.717, 1.165) is 17.9 Å². The standard InChI is InChI=1S/C13H18BrN3S/c1-8(2)17-10(4)13(9(3)16-17)15-7-12-11(14)5-6-18-12/h5-6,8,15H,7H2,1-4H3. The summed E-state index contributed by atoms with van der Waals surface area (Å²) in [5.74, 6) is 0. The van der Waals surface area contributed by atoms with Crippen LogP contribution in [0.15, 0.2) is 15.9 Å². The Bertz CT molecular complexity index is 542. The van der Waals surface area contributed by atoms with Gasteiger partial charge in [0.15, 0.2) is 0 Å². The number of thiophene rings is 1. The van der Waals surface area contributed by atoms with Crippen molar-refractivity contribution in [2.24, 2.45) is 0 Å². The van der Waals surface area contributed by atoms with Crippen molar-refractivity contribution >= 4 is 33.0 Å². The molecule has 0 spiro atoms. The van der Waals surface area contributed by atoms with Gasteiger partial charge >= 0.3 is 0 Å². The number of aromatic nitrogens is 2. The van der Waals surface area contributed by atoms with Crippen LogP contribution in [-0.2, 0) is 6.54 Å². The van der Waals surface area contributed by atoms with Gasteiger partial charge in [0.05, 0.1) is 23.6 Å². The van der Waals surface area contributed by atoms with Crippen molar-refractivity contribution < 1.29 is 0 Å². The second-order valence-electron chi connectivity index (χ2n) is 4.63. The van der Waals surface area contributed by atoms with Gasteiger partial charge in [0.1, 0.15) is 0 Å². The summed E-state index contributed by atoms with van der Waals surface area (Å²) in [5.41, 5.74) is 3.42. The van der Waals surface area contributed by atoms with Gasteiger partial charge < -0.3 is 5.32 Å². The van der Waals surface area contributed by atoms with E-state index in [1.165, 1.54) is 15.0 Å². The third-order valence-electron chi connectivity index (χ3n) is 2.93. The summed E-state index contributed by atoms with van der Waals surface area (Å²) >= 11 is 5.31. The van der Waals surface area contributed by atoms with Crippen molar-refractivity contribution in [1.29, 1.82) is 0 Å². The zero-order chi connectivity index (χ0) is 13.3. The van der Waals surface area contributed by atoms with E-state index < -0.39 is 0 Å². The average molecular weight is 328 g/mol. The Kier molecular flexibility index (Phi) is 4.12. The molecule has 1 N–H and O–H groups in total. The van der Waals surface area contributed by atoms with E-state index >= 15 is 0 Å². The number of anilines is 1. The third kappa shape index (κ3) is 2.62. The molecular formula is C13H18BrN3S. The molecule has 0 bridgehead atoms. The SMILES string of the molecule is Cc1nn(C(C)C)c(C)c1NCc1sccc1Br. The highest BCUT2D eigenvalue weighted by Crippen LogP contribution is 2.26. The molecule has 0 atom stereocenters. The molecule has 0 unspecified atom stereocenters. The van der Waals surface area contributed by atoms with E-state index in [1.54, 1.807) is 11.3 Å². The van der Waals surface area contributed by atoms with Crippen molar-refractivity contribution in [2.45, 2.75) is 40.3 Å². The topological polar surface area (TPSA) is 29.9 Å². The predicted octanol–water partition coefficient (Wildman–Crippen LogP) is 4.52. The minimum atomic E-state index is 0.396. The zero-order valence-electron chi connectivity index (χ0n) is 11.1. The lowest BCUT2D eigenvalue weighted by Gasteiger charge is -2.09. The summed E-state index contributed by atoms with van der Waals surface area (Å²) in [6.45, 7) is 9.31. The summed E-state index contributed by atoms with van der Waals surface area (Å²) in [6, 6.07) is 2.48. The van der Waals surface area contributed by atoms with Crippen molar-refractivity contribution in [3.8, 4) is 0 Å². The number of hydrogen-bond acceptors (Lipinski definition) is 3. The Morgan fingerprint density at radius 2 is 2.17 bits per heavy atom. The Morgan fingerprint density at radius 3 is 2.67 bits per heavy atom. The molecular weight excluding hydrogens is 310 g/mol. The van der Waals surface area contributed by atoms with Crippen LogP contribution in [0, 0.1) is 13.8 Å². The van der Waals surface area contributed by atoms with E-state index in [2.05, 4.69) is 70.2 Å². The molecule has 98 valence electrons. The molecule has 0 saturated carbocycles. The fraction of sp³-hybridized carbons (Fsp3) is 0.462. The van der Waals surface area contributed by atoms with Crippen molar-refractivity contribution in [1.82, 2.24) is 9.78 Å². The second kappa shape index (κ2) is 5.45. The van der Waals surface area contributed by atoms with Crippen LogP contribution in [0.1, 0.15) is 36.2 Å². The van der Waals surface area contributed by atoms with Gasteiger partial charge in [0.2, 0.25) is 0 Å². The highest BCUT2D eigenvalue weighted by Gasteiger charge is 2.13. The Labute approximate surface area is 120 Å². The van der Waals surface area contributed by atoms with E-state index in [1.807, 2.05) is 0 Å². The Balaban J connectivity index is 2.17. The number of aryl methyl sites for hydroxylation is 1. The smallest absolute Gasteiger partial charge is 0.0828 e. The minimum Gasteiger partial charge on any atom is -0.377 e. The number of nitrogens with one attached hydrogen (secondary N) is 1. The number of hydrogen-bond donors (Lipinski definition) is 1. The third-order valence-corrected chi connectivity index (χ3v) is 4.86. The quantitative estimate of drug-likeness (QED) is 0.894. The number of rotatable bonds is 4. The molecule has 3 nitrogen and oxygen atoms in total. The van der Waals surface area contributed by atoms with Crippen LogP contribution in [-0.4, -0.2) is 9.78 Å². The molecule has 0 saturated heterocycles. The van der Waals surface area contributed by atoms with Gasteiger partial charge in [0.25, 0.3) is 0 Å². The molecule has 0 aliphatic heterocycles. The van der Waals surface area contributed by atoms with E-state index in [9.17, 15) is 0 Å². The summed E-state index contributed by atoms with van der Waals surface area (Å²) < 4.78 is 3.24. The predicted molar refractivity (Wildman–Crippen MR) is 81.4 cm³/mol. The lowest BCUT2D eigenvalue weighted by molar-refractivity contribution is 0.516. The largest absolute Gasteiger partial charge is 0.377 e. The van der Waals surface area contributed by atoms with Gasteiger partial charge in [-0.15, -0.1) is 11.3 Å². The summed E-state index contributed by atoms with van der Waals surface area (Å²) in [4.78, 5) is 1.31. The highest BCUT2D eigenvalue weighted by molar-refractivity contribution is 9.10. The van der Waals surface area contributed by atoms with Gasteiger partial charge in [-0.2, -0.15) is 5.10 Å². The normalized spacial score (nSPS) is 11.2. The van der Waals surface area contributed by atoms with E-state index in [0.29, 0.717) is 6.04 Å². The fourth-order valence-electron chi connectivity index (χ4n) is 2.04. The maximum atomic E-state index is 4.58. The van der Waals surface area contributed by atoms with Crippen LogP contribution in [0.4, 0.5) is 5.69 Å². The molecule has 2 rings (SSSR count). The first kappa shape index (κ1) is 13.6. The lowest BCUT2D eigenvalue weighted by Crippen LogP contribution is -2.06. The molecule has 0 amide bonds. The summed E-state index contributed by atoms with van der Waals surface area (Å²) in [6.07, 6.45) is 0. The van der Waals surface area contributed by atoms with Gasteiger partial charge in [-0.25, -0.2) is 0 Å². The Hall–Kier alpha value is -0.810. The first-order valence-electron chi connectivity index (χ1n) is 6.02. The molecule has 2 aromatic heterocycles. The molecule has 0 aliphatic rings. The molecule has 0 radical (unpaired) electrons. The first-order chi connectivity index (χ1) is 8.50. The van der Waals surface area contributed by atoms with Gasteiger partial charge in [-0.1, -0.05) is 0 Å². The number of nitrogens with zero attached hydrogens (tertiary/aromatic N) is 2. The number of halogens is 1.